The van der Waals surface area contributed by atoms with Gasteiger partial charge in [0.15, 0.2) is 0 Å². The van der Waals surface area contributed by atoms with Crippen LogP contribution in [0, 0.1) is 3.57 Å². The smallest absolute Gasteiger partial charge is 0.0779 e. The maximum absolute atomic E-state index is 6.40. The number of benzene rings is 1. The highest BCUT2D eigenvalue weighted by Gasteiger charge is 2.42. The van der Waals surface area contributed by atoms with E-state index in [1.807, 2.05) is 6.20 Å². The Kier molecular flexibility index (Phi) is 3.26. The highest BCUT2D eigenvalue weighted by Crippen LogP contribution is 2.43. The van der Waals surface area contributed by atoms with Gasteiger partial charge in [0.05, 0.1) is 30.0 Å². The SMILES string of the molecule is Ic1ccc2cnn(CC3CCC4(CCCC4)O3)c2c1. The summed E-state index contributed by atoms with van der Waals surface area (Å²) in [5.41, 5.74) is 1.45. The van der Waals surface area contributed by atoms with Crippen molar-refractivity contribution in [2.45, 2.75) is 56.8 Å². The molecule has 3 nitrogen and oxygen atoms in total. The fraction of sp³-hybridized carbons (Fsp3) is 0.562. The van der Waals surface area contributed by atoms with Crippen LogP contribution >= 0.6 is 22.6 Å². The Labute approximate surface area is 132 Å². The molecule has 2 fully saturated rings. The molecule has 1 spiro atoms. The Balaban J connectivity index is 1.55. The van der Waals surface area contributed by atoms with Gasteiger partial charge in [-0.2, -0.15) is 5.10 Å². The second kappa shape index (κ2) is 4.98. The lowest BCUT2D eigenvalue weighted by molar-refractivity contribution is -0.0424. The molecule has 4 heteroatoms. The third-order valence-electron chi connectivity index (χ3n) is 4.84. The van der Waals surface area contributed by atoms with E-state index in [9.17, 15) is 0 Å². The van der Waals surface area contributed by atoms with E-state index < -0.39 is 0 Å². The van der Waals surface area contributed by atoms with E-state index in [1.54, 1.807) is 0 Å². The van der Waals surface area contributed by atoms with E-state index in [0.717, 1.165) is 6.54 Å². The van der Waals surface area contributed by atoms with Gasteiger partial charge in [-0.25, -0.2) is 0 Å². The number of hydrogen-bond donors (Lipinski definition) is 0. The highest BCUT2D eigenvalue weighted by atomic mass is 127. The van der Waals surface area contributed by atoms with Crippen molar-refractivity contribution in [2.24, 2.45) is 0 Å². The topological polar surface area (TPSA) is 27.1 Å². The molecule has 1 aromatic heterocycles. The van der Waals surface area contributed by atoms with Gasteiger partial charge in [0.1, 0.15) is 0 Å². The molecular weight excluding hydrogens is 363 g/mol. The first-order chi connectivity index (χ1) is 9.74. The lowest BCUT2D eigenvalue weighted by Crippen LogP contribution is -2.26. The average molecular weight is 382 g/mol. The molecule has 2 aliphatic rings. The minimum Gasteiger partial charge on any atom is -0.370 e. The van der Waals surface area contributed by atoms with Gasteiger partial charge in [-0.05, 0) is 60.4 Å². The number of nitrogens with zero attached hydrogens (tertiary/aromatic N) is 2. The molecule has 4 rings (SSSR count). The molecule has 1 aliphatic heterocycles. The molecule has 1 unspecified atom stereocenters. The summed E-state index contributed by atoms with van der Waals surface area (Å²) in [5, 5.41) is 5.77. The molecule has 0 N–H and O–H groups in total. The van der Waals surface area contributed by atoms with Crippen LogP contribution in [-0.4, -0.2) is 21.5 Å². The quantitative estimate of drug-likeness (QED) is 0.731. The Morgan fingerprint density at radius 2 is 2.15 bits per heavy atom. The standard InChI is InChI=1S/C16H19IN2O/c17-13-4-3-12-10-18-19(15(12)9-13)11-14-5-8-16(20-14)6-1-2-7-16/h3-4,9-10,14H,1-2,5-8,11H2. The fourth-order valence-corrected chi connectivity index (χ4v) is 4.27. The summed E-state index contributed by atoms with van der Waals surface area (Å²) >= 11 is 2.36. The molecule has 1 aromatic carbocycles. The van der Waals surface area contributed by atoms with Crippen LogP contribution < -0.4 is 0 Å². The predicted molar refractivity (Wildman–Crippen MR) is 87.8 cm³/mol. The zero-order chi connectivity index (χ0) is 13.6. The van der Waals surface area contributed by atoms with Crippen molar-refractivity contribution >= 4 is 33.5 Å². The summed E-state index contributed by atoms with van der Waals surface area (Å²) < 4.78 is 9.78. The van der Waals surface area contributed by atoms with Crippen LogP contribution in [0.25, 0.3) is 10.9 Å². The fourth-order valence-electron chi connectivity index (χ4n) is 3.79. The second-order valence-corrected chi connectivity index (χ2v) is 7.44. The van der Waals surface area contributed by atoms with E-state index in [0.29, 0.717) is 6.10 Å². The normalized spacial score (nSPS) is 24.9. The van der Waals surface area contributed by atoms with Gasteiger partial charge in [0, 0.05) is 8.96 Å². The molecule has 2 heterocycles. The van der Waals surface area contributed by atoms with E-state index in [2.05, 4.69) is 50.6 Å². The van der Waals surface area contributed by atoms with Gasteiger partial charge < -0.3 is 4.74 Å². The van der Waals surface area contributed by atoms with Crippen LogP contribution in [0.4, 0.5) is 0 Å². The molecule has 2 aromatic rings. The number of halogens is 1. The zero-order valence-corrected chi connectivity index (χ0v) is 13.7. The van der Waals surface area contributed by atoms with E-state index >= 15 is 0 Å². The van der Waals surface area contributed by atoms with Gasteiger partial charge in [0.2, 0.25) is 0 Å². The second-order valence-electron chi connectivity index (χ2n) is 6.20. The summed E-state index contributed by atoms with van der Waals surface area (Å²) in [4.78, 5) is 0. The lowest BCUT2D eigenvalue weighted by atomic mass is 9.98. The Hall–Kier alpha value is -0.620. The van der Waals surface area contributed by atoms with Gasteiger partial charge in [-0.15, -0.1) is 0 Å². The molecule has 0 amide bonds. The maximum Gasteiger partial charge on any atom is 0.0779 e. The lowest BCUT2D eigenvalue weighted by Gasteiger charge is -2.23. The predicted octanol–water partition coefficient (Wildman–Crippen LogP) is 4.13. The van der Waals surface area contributed by atoms with Crippen LogP contribution in [0.1, 0.15) is 38.5 Å². The maximum atomic E-state index is 6.40. The summed E-state index contributed by atoms with van der Waals surface area (Å²) in [7, 11) is 0. The van der Waals surface area contributed by atoms with E-state index in [1.165, 1.54) is 53.0 Å². The van der Waals surface area contributed by atoms with Gasteiger partial charge >= 0.3 is 0 Å². The number of aromatic nitrogens is 2. The minimum absolute atomic E-state index is 0.224. The van der Waals surface area contributed by atoms with Gasteiger partial charge in [0.25, 0.3) is 0 Å². The third kappa shape index (κ3) is 2.26. The highest BCUT2D eigenvalue weighted by molar-refractivity contribution is 14.1. The number of fused-ring (bicyclic) bond motifs is 1. The third-order valence-corrected chi connectivity index (χ3v) is 5.51. The molecule has 1 saturated carbocycles. The van der Waals surface area contributed by atoms with Crippen LogP contribution in [-0.2, 0) is 11.3 Å². The first kappa shape index (κ1) is 13.1. The van der Waals surface area contributed by atoms with Crippen molar-refractivity contribution in [1.82, 2.24) is 9.78 Å². The Morgan fingerprint density at radius 1 is 1.30 bits per heavy atom. The van der Waals surface area contributed by atoms with Crippen molar-refractivity contribution in [3.63, 3.8) is 0 Å². The summed E-state index contributed by atoms with van der Waals surface area (Å²) in [6, 6.07) is 6.49. The van der Waals surface area contributed by atoms with Crippen LogP contribution in [0.3, 0.4) is 0 Å². The monoisotopic (exact) mass is 382 g/mol. The molecule has 1 atom stereocenters. The summed E-state index contributed by atoms with van der Waals surface area (Å²) in [6.07, 6.45) is 9.95. The first-order valence-corrected chi connectivity index (χ1v) is 8.61. The van der Waals surface area contributed by atoms with Crippen molar-refractivity contribution in [1.29, 1.82) is 0 Å². The molecule has 0 radical (unpaired) electrons. The number of rotatable bonds is 2. The molecule has 1 aliphatic carbocycles. The summed E-state index contributed by atoms with van der Waals surface area (Å²) in [5.74, 6) is 0. The Bertz CT molecular complexity index is 630. The van der Waals surface area contributed by atoms with Crippen LogP contribution in [0.15, 0.2) is 24.4 Å². The average Bonchev–Trinajstić information content (AvgIpc) is 3.14. The van der Waals surface area contributed by atoms with Gasteiger partial charge in [-0.3, -0.25) is 4.68 Å². The largest absolute Gasteiger partial charge is 0.370 e. The van der Waals surface area contributed by atoms with Crippen molar-refractivity contribution in [3.05, 3.63) is 28.0 Å². The molecule has 1 saturated heterocycles. The van der Waals surface area contributed by atoms with E-state index in [-0.39, 0.29) is 5.60 Å². The number of hydrogen-bond acceptors (Lipinski definition) is 2. The van der Waals surface area contributed by atoms with Gasteiger partial charge in [-0.1, -0.05) is 18.9 Å². The molecule has 106 valence electrons. The van der Waals surface area contributed by atoms with E-state index in [4.69, 9.17) is 4.74 Å². The van der Waals surface area contributed by atoms with Crippen molar-refractivity contribution in [2.75, 3.05) is 0 Å². The Morgan fingerprint density at radius 3 is 3.00 bits per heavy atom. The minimum atomic E-state index is 0.224. The number of ether oxygens (including phenoxy) is 1. The summed E-state index contributed by atoms with van der Waals surface area (Å²) in [6.45, 7) is 0.894. The van der Waals surface area contributed by atoms with Crippen LogP contribution in [0.5, 0.6) is 0 Å². The van der Waals surface area contributed by atoms with Crippen molar-refractivity contribution in [3.8, 4) is 0 Å². The van der Waals surface area contributed by atoms with Crippen molar-refractivity contribution < 1.29 is 4.74 Å². The molecular formula is C16H19IN2O. The zero-order valence-electron chi connectivity index (χ0n) is 11.5. The first-order valence-electron chi connectivity index (χ1n) is 7.53. The molecule has 0 bridgehead atoms. The molecule has 20 heavy (non-hydrogen) atoms. The van der Waals surface area contributed by atoms with Crippen LogP contribution in [0.2, 0.25) is 0 Å².